The van der Waals surface area contributed by atoms with E-state index in [1.54, 1.807) is 0 Å². The first-order chi connectivity index (χ1) is 5.95. The van der Waals surface area contributed by atoms with Crippen LogP contribution >= 0.6 is 11.6 Å². The Morgan fingerprint density at radius 2 is 2.08 bits per heavy atom. The van der Waals surface area contributed by atoms with E-state index in [0.717, 1.165) is 12.3 Å². The van der Waals surface area contributed by atoms with Gasteiger partial charge in [-0.05, 0) is 6.07 Å². The van der Waals surface area contributed by atoms with E-state index in [1.165, 1.54) is 0 Å². The molecule has 1 heterocycles. The topological polar surface area (TPSA) is 33.1 Å². The molecular formula is C7H5ClF3NO. The number of halogens is 4. The minimum absolute atomic E-state index is 0.0586. The zero-order valence-electron chi connectivity index (χ0n) is 6.27. The van der Waals surface area contributed by atoms with Gasteiger partial charge in [0.25, 0.3) is 0 Å². The second kappa shape index (κ2) is 3.51. The lowest BCUT2D eigenvalue weighted by atomic mass is 10.2. The van der Waals surface area contributed by atoms with Crippen molar-refractivity contribution in [1.82, 2.24) is 4.98 Å². The molecule has 0 radical (unpaired) electrons. The van der Waals surface area contributed by atoms with Gasteiger partial charge in [0.05, 0.1) is 22.9 Å². The first-order valence-electron chi connectivity index (χ1n) is 3.27. The molecule has 1 N–H and O–H groups in total. The average Bonchev–Trinajstić information content (AvgIpc) is 2.03. The second-order valence-corrected chi connectivity index (χ2v) is 2.72. The van der Waals surface area contributed by atoms with Crippen molar-refractivity contribution in [3.8, 4) is 0 Å². The maximum atomic E-state index is 12.2. The fourth-order valence-corrected chi connectivity index (χ4v) is 0.996. The van der Waals surface area contributed by atoms with Gasteiger partial charge in [0.15, 0.2) is 0 Å². The zero-order chi connectivity index (χ0) is 10.1. The molecule has 6 heteroatoms. The summed E-state index contributed by atoms with van der Waals surface area (Å²) in [6.45, 7) is -0.541. The van der Waals surface area contributed by atoms with Crippen LogP contribution in [0.3, 0.4) is 0 Å². The summed E-state index contributed by atoms with van der Waals surface area (Å²) in [7, 11) is 0. The van der Waals surface area contributed by atoms with Crippen molar-refractivity contribution in [3.63, 3.8) is 0 Å². The number of alkyl halides is 3. The van der Waals surface area contributed by atoms with E-state index in [1.807, 2.05) is 0 Å². The molecule has 1 rings (SSSR count). The molecule has 72 valence electrons. The number of aliphatic hydroxyl groups excluding tert-OH is 1. The fraction of sp³-hybridized carbons (Fsp3) is 0.286. The van der Waals surface area contributed by atoms with Gasteiger partial charge < -0.3 is 5.11 Å². The highest BCUT2D eigenvalue weighted by molar-refractivity contribution is 6.31. The molecule has 0 spiro atoms. The highest BCUT2D eigenvalue weighted by Crippen LogP contribution is 2.34. The third-order valence-corrected chi connectivity index (χ3v) is 1.68. The van der Waals surface area contributed by atoms with Gasteiger partial charge in [-0.3, -0.25) is 4.98 Å². The van der Waals surface area contributed by atoms with E-state index in [2.05, 4.69) is 4.98 Å². The highest BCUT2D eigenvalue weighted by atomic mass is 35.5. The molecule has 0 atom stereocenters. The van der Waals surface area contributed by atoms with E-state index in [-0.39, 0.29) is 5.69 Å². The number of hydrogen-bond acceptors (Lipinski definition) is 2. The number of rotatable bonds is 1. The van der Waals surface area contributed by atoms with Crippen molar-refractivity contribution >= 4 is 11.6 Å². The van der Waals surface area contributed by atoms with Crippen LogP contribution in [0, 0.1) is 0 Å². The van der Waals surface area contributed by atoms with Gasteiger partial charge in [-0.15, -0.1) is 0 Å². The van der Waals surface area contributed by atoms with Gasteiger partial charge in [-0.25, -0.2) is 0 Å². The number of aliphatic hydroxyl groups is 1. The predicted octanol–water partition coefficient (Wildman–Crippen LogP) is 2.25. The fourth-order valence-electron chi connectivity index (χ4n) is 0.786. The van der Waals surface area contributed by atoms with Crippen molar-refractivity contribution in [2.45, 2.75) is 12.8 Å². The molecule has 0 aromatic carbocycles. The predicted molar refractivity (Wildman–Crippen MR) is 40.2 cm³/mol. The van der Waals surface area contributed by atoms with E-state index in [9.17, 15) is 13.2 Å². The van der Waals surface area contributed by atoms with Crippen LogP contribution in [-0.4, -0.2) is 10.1 Å². The minimum Gasteiger partial charge on any atom is -0.390 e. The first kappa shape index (κ1) is 10.3. The molecule has 0 saturated carbocycles. The van der Waals surface area contributed by atoms with Crippen LogP contribution in [0.4, 0.5) is 13.2 Å². The molecule has 13 heavy (non-hydrogen) atoms. The second-order valence-electron chi connectivity index (χ2n) is 2.31. The Labute approximate surface area is 77.0 Å². The molecule has 0 saturated heterocycles. The molecule has 0 unspecified atom stereocenters. The number of nitrogens with zero attached hydrogens (tertiary/aromatic N) is 1. The molecular weight excluding hydrogens is 207 g/mol. The molecule has 0 bridgehead atoms. The Balaban J connectivity index is 3.19. The summed E-state index contributed by atoms with van der Waals surface area (Å²) in [5.74, 6) is 0. The Kier molecular flexibility index (Phi) is 2.77. The molecule has 0 fully saturated rings. The van der Waals surface area contributed by atoms with Gasteiger partial charge in [0.2, 0.25) is 0 Å². The standard InChI is InChI=1S/C7H5ClF3NO/c8-6-2-12-4(3-13)1-5(6)7(9,10)11/h1-2,13H,3H2. The van der Waals surface area contributed by atoms with Crippen molar-refractivity contribution in [3.05, 3.63) is 28.5 Å². The van der Waals surface area contributed by atoms with E-state index in [0.29, 0.717) is 0 Å². The molecule has 0 aliphatic carbocycles. The summed E-state index contributed by atoms with van der Waals surface area (Å²) in [6.07, 6.45) is -3.64. The van der Waals surface area contributed by atoms with Crippen molar-refractivity contribution in [2.24, 2.45) is 0 Å². The van der Waals surface area contributed by atoms with E-state index in [4.69, 9.17) is 16.7 Å². The van der Waals surface area contributed by atoms with Crippen LogP contribution in [0.1, 0.15) is 11.3 Å². The van der Waals surface area contributed by atoms with E-state index >= 15 is 0 Å². The lowest BCUT2D eigenvalue weighted by Gasteiger charge is -2.08. The lowest BCUT2D eigenvalue weighted by molar-refractivity contribution is -0.137. The maximum Gasteiger partial charge on any atom is 0.417 e. The summed E-state index contributed by atoms with van der Waals surface area (Å²) in [5.41, 5.74) is -1.04. The van der Waals surface area contributed by atoms with Gasteiger partial charge in [0.1, 0.15) is 0 Å². The Hall–Kier alpha value is -0.810. The van der Waals surface area contributed by atoms with Gasteiger partial charge in [0, 0.05) is 6.20 Å². The zero-order valence-corrected chi connectivity index (χ0v) is 7.02. The van der Waals surface area contributed by atoms with Crippen LogP contribution in [0.2, 0.25) is 5.02 Å². The third kappa shape index (κ3) is 2.32. The summed E-state index contributed by atoms with van der Waals surface area (Å²) >= 11 is 5.27. The number of pyridine rings is 1. The van der Waals surface area contributed by atoms with Crippen LogP contribution in [0.15, 0.2) is 12.3 Å². The van der Waals surface area contributed by atoms with Gasteiger partial charge >= 0.3 is 6.18 Å². The molecule has 1 aromatic rings. The Morgan fingerprint density at radius 1 is 1.46 bits per heavy atom. The number of hydrogen-bond donors (Lipinski definition) is 1. The number of aromatic nitrogens is 1. The van der Waals surface area contributed by atoms with Crippen molar-refractivity contribution in [1.29, 1.82) is 0 Å². The highest BCUT2D eigenvalue weighted by Gasteiger charge is 2.33. The van der Waals surface area contributed by atoms with Crippen molar-refractivity contribution < 1.29 is 18.3 Å². The molecule has 1 aromatic heterocycles. The smallest absolute Gasteiger partial charge is 0.390 e. The molecule has 2 nitrogen and oxygen atoms in total. The van der Waals surface area contributed by atoms with Crippen LogP contribution < -0.4 is 0 Å². The lowest BCUT2D eigenvalue weighted by Crippen LogP contribution is -2.07. The van der Waals surface area contributed by atoms with Gasteiger partial charge in [-0.2, -0.15) is 13.2 Å². The molecule has 0 aliphatic rings. The monoisotopic (exact) mass is 211 g/mol. The van der Waals surface area contributed by atoms with E-state index < -0.39 is 23.4 Å². The Bertz CT molecular complexity index is 313. The summed E-state index contributed by atoms with van der Waals surface area (Å²) in [4.78, 5) is 3.49. The first-order valence-corrected chi connectivity index (χ1v) is 3.65. The average molecular weight is 212 g/mol. The SMILES string of the molecule is OCc1cc(C(F)(F)F)c(Cl)cn1. The maximum absolute atomic E-state index is 12.2. The summed E-state index contributed by atoms with van der Waals surface area (Å²) in [6, 6.07) is 0.725. The van der Waals surface area contributed by atoms with Crippen LogP contribution in [-0.2, 0) is 12.8 Å². The molecule has 0 amide bonds. The van der Waals surface area contributed by atoms with Crippen molar-refractivity contribution in [2.75, 3.05) is 0 Å². The third-order valence-electron chi connectivity index (χ3n) is 1.38. The molecule has 0 aliphatic heterocycles. The van der Waals surface area contributed by atoms with Crippen LogP contribution in [0.5, 0.6) is 0 Å². The quantitative estimate of drug-likeness (QED) is 0.773. The Morgan fingerprint density at radius 3 is 2.54 bits per heavy atom. The summed E-state index contributed by atoms with van der Waals surface area (Å²) < 4.78 is 36.5. The summed E-state index contributed by atoms with van der Waals surface area (Å²) in [5, 5.41) is 8.08. The largest absolute Gasteiger partial charge is 0.417 e. The minimum atomic E-state index is -4.51. The van der Waals surface area contributed by atoms with Crippen LogP contribution in [0.25, 0.3) is 0 Å². The normalized spacial score (nSPS) is 11.8. The van der Waals surface area contributed by atoms with Gasteiger partial charge in [-0.1, -0.05) is 11.6 Å².